The molecule has 1 saturated heterocycles. The summed E-state index contributed by atoms with van der Waals surface area (Å²) in [5.41, 5.74) is 1.31. The number of hydrogen-bond donors (Lipinski definition) is 0. The number of anilines is 1. The van der Waals surface area contributed by atoms with E-state index in [9.17, 15) is 18.8 Å². The van der Waals surface area contributed by atoms with Gasteiger partial charge in [-0.1, -0.05) is 35.9 Å². The third kappa shape index (κ3) is 3.51. The Morgan fingerprint density at radius 3 is 2.52 bits per heavy atom. The van der Waals surface area contributed by atoms with Crippen LogP contribution in [0.4, 0.5) is 10.1 Å². The van der Waals surface area contributed by atoms with E-state index >= 15 is 0 Å². The standard InChI is InChI=1S/C21H19FN2O3/c1-3-12-23(20(26)16-6-4-5-7-17(16)22)18-13-19(25)24(21(18)27)15-10-8-14(2)9-11-15/h3-11,18H,1,12-13H2,2H3. The van der Waals surface area contributed by atoms with Crippen molar-refractivity contribution < 1.29 is 18.8 Å². The maximum atomic E-state index is 14.0. The Bertz CT molecular complexity index is 908. The van der Waals surface area contributed by atoms with Crippen LogP contribution in [0.2, 0.25) is 0 Å². The summed E-state index contributed by atoms with van der Waals surface area (Å²) >= 11 is 0. The van der Waals surface area contributed by atoms with Gasteiger partial charge in [-0.15, -0.1) is 6.58 Å². The van der Waals surface area contributed by atoms with Crippen molar-refractivity contribution in [1.29, 1.82) is 0 Å². The van der Waals surface area contributed by atoms with Gasteiger partial charge in [-0.2, -0.15) is 0 Å². The van der Waals surface area contributed by atoms with Gasteiger partial charge in [0, 0.05) is 6.54 Å². The Morgan fingerprint density at radius 1 is 1.22 bits per heavy atom. The largest absolute Gasteiger partial charge is 0.322 e. The molecule has 0 N–H and O–H groups in total. The molecule has 6 heteroatoms. The fourth-order valence-electron chi connectivity index (χ4n) is 3.10. The maximum Gasteiger partial charge on any atom is 0.257 e. The monoisotopic (exact) mass is 366 g/mol. The van der Waals surface area contributed by atoms with Crippen molar-refractivity contribution in [3.8, 4) is 0 Å². The van der Waals surface area contributed by atoms with E-state index in [-0.39, 0.29) is 18.5 Å². The topological polar surface area (TPSA) is 57.7 Å². The highest BCUT2D eigenvalue weighted by Gasteiger charge is 2.44. The summed E-state index contributed by atoms with van der Waals surface area (Å²) in [4.78, 5) is 40.5. The van der Waals surface area contributed by atoms with Gasteiger partial charge in [0.25, 0.3) is 11.8 Å². The normalized spacial score (nSPS) is 16.5. The molecule has 0 saturated carbocycles. The summed E-state index contributed by atoms with van der Waals surface area (Å²) < 4.78 is 14.0. The number of amides is 3. The van der Waals surface area contributed by atoms with Crippen LogP contribution >= 0.6 is 0 Å². The highest BCUT2D eigenvalue weighted by Crippen LogP contribution is 2.27. The summed E-state index contributed by atoms with van der Waals surface area (Å²) in [5.74, 6) is -2.23. The smallest absolute Gasteiger partial charge is 0.257 e. The number of carbonyl (C=O) groups excluding carboxylic acids is 3. The van der Waals surface area contributed by atoms with Gasteiger partial charge in [-0.3, -0.25) is 14.4 Å². The van der Waals surface area contributed by atoms with E-state index in [0.29, 0.717) is 5.69 Å². The number of carbonyl (C=O) groups is 3. The number of hydrogen-bond acceptors (Lipinski definition) is 3. The molecule has 138 valence electrons. The van der Waals surface area contributed by atoms with Crippen molar-refractivity contribution >= 4 is 23.4 Å². The SMILES string of the molecule is C=CCN(C(=O)c1ccccc1F)C1CC(=O)N(c2ccc(C)cc2)C1=O. The first kappa shape index (κ1) is 18.5. The molecule has 1 unspecified atom stereocenters. The van der Waals surface area contributed by atoms with Crippen LogP contribution in [0, 0.1) is 12.7 Å². The van der Waals surface area contributed by atoms with E-state index in [1.54, 1.807) is 30.3 Å². The first-order valence-electron chi connectivity index (χ1n) is 8.54. The fraction of sp³-hybridized carbons (Fsp3) is 0.190. The second kappa shape index (κ2) is 7.53. The van der Waals surface area contributed by atoms with E-state index in [4.69, 9.17) is 0 Å². The third-order valence-electron chi connectivity index (χ3n) is 4.48. The van der Waals surface area contributed by atoms with Crippen LogP contribution in [0.15, 0.2) is 61.2 Å². The molecule has 1 fully saturated rings. The van der Waals surface area contributed by atoms with Crippen molar-refractivity contribution in [3.63, 3.8) is 0 Å². The molecule has 1 atom stereocenters. The van der Waals surface area contributed by atoms with Crippen LogP contribution in [0.5, 0.6) is 0 Å². The lowest BCUT2D eigenvalue weighted by molar-refractivity contribution is -0.122. The molecule has 0 spiro atoms. The van der Waals surface area contributed by atoms with Crippen molar-refractivity contribution in [2.75, 3.05) is 11.4 Å². The van der Waals surface area contributed by atoms with E-state index < -0.39 is 29.6 Å². The van der Waals surface area contributed by atoms with Crippen molar-refractivity contribution in [1.82, 2.24) is 4.90 Å². The van der Waals surface area contributed by atoms with Crippen molar-refractivity contribution in [3.05, 3.63) is 78.1 Å². The molecular weight excluding hydrogens is 347 g/mol. The number of nitrogens with zero attached hydrogens (tertiary/aromatic N) is 2. The zero-order chi connectivity index (χ0) is 19.6. The lowest BCUT2D eigenvalue weighted by Crippen LogP contribution is -2.45. The number of benzene rings is 2. The Hall–Kier alpha value is -3.28. The zero-order valence-corrected chi connectivity index (χ0v) is 14.9. The minimum Gasteiger partial charge on any atom is -0.322 e. The summed E-state index contributed by atoms with van der Waals surface area (Å²) in [5, 5.41) is 0. The molecule has 1 aliphatic heterocycles. The van der Waals surface area contributed by atoms with Crippen LogP contribution in [0.3, 0.4) is 0 Å². The molecule has 27 heavy (non-hydrogen) atoms. The molecule has 2 aromatic rings. The molecule has 0 aliphatic carbocycles. The Balaban J connectivity index is 1.92. The maximum absolute atomic E-state index is 14.0. The Morgan fingerprint density at radius 2 is 1.89 bits per heavy atom. The molecule has 3 amide bonds. The van der Waals surface area contributed by atoms with Crippen LogP contribution in [-0.2, 0) is 9.59 Å². The lowest BCUT2D eigenvalue weighted by Gasteiger charge is -2.26. The first-order chi connectivity index (χ1) is 12.9. The van der Waals surface area contributed by atoms with Gasteiger partial charge >= 0.3 is 0 Å². The minimum atomic E-state index is -0.996. The average Bonchev–Trinajstić information content (AvgIpc) is 2.94. The van der Waals surface area contributed by atoms with Gasteiger partial charge in [-0.25, -0.2) is 9.29 Å². The number of rotatable bonds is 5. The van der Waals surface area contributed by atoms with E-state index in [0.717, 1.165) is 10.5 Å². The fourth-order valence-corrected chi connectivity index (χ4v) is 3.10. The third-order valence-corrected chi connectivity index (χ3v) is 4.48. The number of halogens is 1. The summed E-state index contributed by atoms with van der Waals surface area (Å²) in [7, 11) is 0. The van der Waals surface area contributed by atoms with Crippen LogP contribution in [-0.4, -0.2) is 35.2 Å². The molecule has 0 radical (unpaired) electrons. The molecule has 0 bridgehead atoms. The molecular formula is C21H19FN2O3. The molecule has 5 nitrogen and oxygen atoms in total. The van der Waals surface area contributed by atoms with Gasteiger partial charge in [-0.05, 0) is 31.2 Å². The summed E-state index contributed by atoms with van der Waals surface area (Å²) in [6, 6.07) is 11.5. The second-order valence-electron chi connectivity index (χ2n) is 6.35. The Kier molecular flexibility index (Phi) is 5.16. The van der Waals surface area contributed by atoms with Gasteiger partial charge in [0.15, 0.2) is 0 Å². The quantitative estimate of drug-likeness (QED) is 0.604. The highest BCUT2D eigenvalue weighted by molar-refractivity contribution is 6.23. The second-order valence-corrected chi connectivity index (χ2v) is 6.35. The summed E-state index contributed by atoms with van der Waals surface area (Å²) in [6.45, 7) is 5.53. The number of imide groups is 1. The van der Waals surface area contributed by atoms with Crippen LogP contribution < -0.4 is 4.90 Å². The van der Waals surface area contributed by atoms with Crippen molar-refractivity contribution in [2.24, 2.45) is 0 Å². The van der Waals surface area contributed by atoms with E-state index in [1.165, 1.54) is 29.2 Å². The molecule has 1 aliphatic rings. The highest BCUT2D eigenvalue weighted by atomic mass is 19.1. The van der Waals surface area contributed by atoms with Gasteiger partial charge in [0.1, 0.15) is 11.9 Å². The van der Waals surface area contributed by atoms with Crippen LogP contribution in [0.25, 0.3) is 0 Å². The molecule has 3 rings (SSSR count). The van der Waals surface area contributed by atoms with Gasteiger partial charge < -0.3 is 4.90 Å². The lowest BCUT2D eigenvalue weighted by atomic mass is 10.1. The van der Waals surface area contributed by atoms with Crippen molar-refractivity contribution in [2.45, 2.75) is 19.4 Å². The first-order valence-corrected chi connectivity index (χ1v) is 8.54. The predicted molar refractivity (Wildman–Crippen MR) is 99.7 cm³/mol. The molecule has 1 heterocycles. The van der Waals surface area contributed by atoms with Gasteiger partial charge in [0.05, 0.1) is 17.7 Å². The van der Waals surface area contributed by atoms with E-state index in [2.05, 4.69) is 6.58 Å². The minimum absolute atomic E-state index is 0.0264. The van der Waals surface area contributed by atoms with E-state index in [1.807, 2.05) is 6.92 Å². The summed E-state index contributed by atoms with van der Waals surface area (Å²) in [6.07, 6.45) is 1.30. The number of aryl methyl sites for hydroxylation is 1. The van der Waals surface area contributed by atoms with Gasteiger partial charge in [0.2, 0.25) is 5.91 Å². The van der Waals surface area contributed by atoms with Crippen LogP contribution in [0.1, 0.15) is 22.3 Å². The average molecular weight is 366 g/mol. The molecule has 2 aromatic carbocycles. The molecule has 0 aromatic heterocycles. The Labute approximate surface area is 156 Å². The predicted octanol–water partition coefficient (Wildman–Crippen LogP) is 3.09. The zero-order valence-electron chi connectivity index (χ0n) is 14.9.